The highest BCUT2D eigenvalue weighted by atomic mass is 127. The molecule has 2 N–H and O–H groups in total. The third-order valence-electron chi connectivity index (χ3n) is 3.59. The van der Waals surface area contributed by atoms with E-state index in [0.29, 0.717) is 0 Å². The maximum Gasteiger partial charge on any atom is 0.190 e. The average Bonchev–Trinajstić information content (AvgIpc) is 3.11. The summed E-state index contributed by atoms with van der Waals surface area (Å²) in [6.07, 6.45) is 5.55. The Kier molecular flexibility index (Phi) is 10.3. The van der Waals surface area contributed by atoms with Crippen molar-refractivity contribution in [1.29, 1.82) is 0 Å². The van der Waals surface area contributed by atoms with E-state index in [1.807, 2.05) is 35.1 Å². The van der Waals surface area contributed by atoms with Crippen LogP contribution in [0.25, 0.3) is 0 Å². The second-order valence-electron chi connectivity index (χ2n) is 5.26. The van der Waals surface area contributed by atoms with Gasteiger partial charge < -0.3 is 15.4 Å². The predicted molar refractivity (Wildman–Crippen MR) is 113 cm³/mol. The van der Waals surface area contributed by atoms with Gasteiger partial charge in [0.1, 0.15) is 5.75 Å². The molecule has 0 unspecified atom stereocenters. The van der Waals surface area contributed by atoms with Crippen molar-refractivity contribution >= 4 is 41.5 Å². The molecular weight excluding hydrogens is 453 g/mol. The highest BCUT2D eigenvalue weighted by Gasteiger charge is 2.03. The Bertz CT molecular complexity index is 648. The van der Waals surface area contributed by atoms with Crippen molar-refractivity contribution < 1.29 is 4.74 Å². The van der Waals surface area contributed by atoms with Crippen LogP contribution < -0.4 is 15.4 Å². The Morgan fingerprint density at radius 1 is 1.32 bits per heavy atom. The fraction of sp³-hybridized carbons (Fsp3) is 0.412. The van der Waals surface area contributed by atoms with E-state index < -0.39 is 0 Å². The summed E-state index contributed by atoms with van der Waals surface area (Å²) in [5.41, 5.74) is 1.08. The lowest BCUT2D eigenvalue weighted by molar-refractivity contribution is 0.414. The Balaban J connectivity index is 0.00000312. The van der Waals surface area contributed by atoms with Gasteiger partial charge in [0.15, 0.2) is 5.96 Å². The van der Waals surface area contributed by atoms with Crippen LogP contribution in [0.4, 0.5) is 0 Å². The van der Waals surface area contributed by atoms with Crippen LogP contribution in [-0.2, 0) is 13.0 Å². The number of aromatic nitrogens is 2. The minimum atomic E-state index is 0. The summed E-state index contributed by atoms with van der Waals surface area (Å²) in [5.74, 6) is 1.56. The highest BCUT2D eigenvalue weighted by Crippen LogP contribution is 2.22. The molecule has 0 spiro atoms. The summed E-state index contributed by atoms with van der Waals surface area (Å²) < 4.78 is 7.08. The number of halogens is 2. The molecule has 1 heterocycles. The first kappa shape index (κ1) is 21.6. The third kappa shape index (κ3) is 7.52. The molecule has 0 radical (unpaired) electrons. The van der Waals surface area contributed by atoms with Gasteiger partial charge in [-0.2, -0.15) is 5.10 Å². The van der Waals surface area contributed by atoms with Crippen molar-refractivity contribution in [2.24, 2.45) is 4.99 Å². The number of aryl methyl sites for hydroxylation is 1. The van der Waals surface area contributed by atoms with Crippen molar-refractivity contribution in [3.8, 4) is 5.75 Å². The summed E-state index contributed by atoms with van der Waals surface area (Å²) in [4.78, 5) is 4.22. The molecule has 0 aliphatic carbocycles. The lowest BCUT2D eigenvalue weighted by atomic mass is 10.1. The van der Waals surface area contributed by atoms with Crippen molar-refractivity contribution in [3.63, 3.8) is 0 Å². The van der Waals surface area contributed by atoms with Gasteiger partial charge in [-0.1, -0.05) is 17.7 Å². The van der Waals surface area contributed by atoms with Crippen LogP contribution in [0.1, 0.15) is 12.0 Å². The van der Waals surface area contributed by atoms with Crippen LogP contribution in [0.5, 0.6) is 5.75 Å². The van der Waals surface area contributed by atoms with E-state index in [1.165, 1.54) is 0 Å². The molecule has 0 aliphatic rings. The van der Waals surface area contributed by atoms with Crippen molar-refractivity contribution in [2.75, 3.05) is 27.2 Å². The van der Waals surface area contributed by atoms with Gasteiger partial charge in [0, 0.05) is 44.1 Å². The third-order valence-corrected chi connectivity index (χ3v) is 3.94. The Morgan fingerprint density at radius 3 is 2.76 bits per heavy atom. The number of hydrogen-bond donors (Lipinski definition) is 2. The average molecular weight is 478 g/mol. The molecule has 0 saturated carbocycles. The summed E-state index contributed by atoms with van der Waals surface area (Å²) in [7, 11) is 3.40. The molecule has 0 fully saturated rings. The molecule has 25 heavy (non-hydrogen) atoms. The minimum Gasteiger partial charge on any atom is -0.497 e. The molecule has 6 nitrogen and oxygen atoms in total. The summed E-state index contributed by atoms with van der Waals surface area (Å²) in [6.45, 7) is 2.48. The predicted octanol–water partition coefficient (Wildman–Crippen LogP) is 2.96. The minimum absolute atomic E-state index is 0. The SMILES string of the molecule is CN=C(NCCCn1cccn1)NCCc1ccc(OC)cc1Cl.I. The number of methoxy groups -OCH3 is 1. The standard InChI is InChI=1S/C17H24ClN5O.HI/c1-19-17(20-8-3-11-23-12-4-9-22-23)21-10-7-14-5-6-15(24-2)13-16(14)18;/h4-6,9,12-13H,3,7-8,10-11H2,1-2H3,(H2,19,20,21);1H. The van der Waals surface area contributed by atoms with Gasteiger partial charge in [0.05, 0.1) is 7.11 Å². The Morgan fingerprint density at radius 2 is 2.12 bits per heavy atom. The van der Waals surface area contributed by atoms with Gasteiger partial charge in [-0.15, -0.1) is 24.0 Å². The summed E-state index contributed by atoms with van der Waals surface area (Å²) in [5, 5.41) is 11.5. The smallest absolute Gasteiger partial charge is 0.190 e. The molecule has 0 bridgehead atoms. The normalized spacial score (nSPS) is 10.9. The highest BCUT2D eigenvalue weighted by molar-refractivity contribution is 14.0. The van der Waals surface area contributed by atoms with Gasteiger partial charge in [0.25, 0.3) is 0 Å². The molecule has 0 aliphatic heterocycles. The molecular formula is C17H25ClIN5O. The quantitative estimate of drug-likeness (QED) is 0.266. The van der Waals surface area contributed by atoms with E-state index in [0.717, 1.165) is 54.8 Å². The first-order chi connectivity index (χ1) is 11.7. The van der Waals surface area contributed by atoms with Gasteiger partial charge in [-0.3, -0.25) is 9.67 Å². The van der Waals surface area contributed by atoms with Crippen LogP contribution >= 0.6 is 35.6 Å². The number of nitrogens with one attached hydrogen (secondary N) is 2. The van der Waals surface area contributed by atoms with Gasteiger partial charge in [-0.25, -0.2) is 0 Å². The lowest BCUT2D eigenvalue weighted by Gasteiger charge is -2.12. The first-order valence-electron chi connectivity index (χ1n) is 7.97. The second kappa shape index (κ2) is 12.0. The molecule has 1 aromatic carbocycles. The van der Waals surface area contributed by atoms with E-state index >= 15 is 0 Å². The molecule has 0 saturated heterocycles. The van der Waals surface area contributed by atoms with E-state index in [4.69, 9.17) is 16.3 Å². The molecule has 8 heteroatoms. The molecule has 2 aromatic rings. The zero-order valence-corrected chi connectivity index (χ0v) is 17.6. The van der Waals surface area contributed by atoms with Crippen LogP contribution in [0, 0.1) is 0 Å². The van der Waals surface area contributed by atoms with Crippen molar-refractivity contribution in [3.05, 3.63) is 47.2 Å². The molecule has 1 aromatic heterocycles. The lowest BCUT2D eigenvalue weighted by Crippen LogP contribution is -2.39. The number of hydrogen-bond acceptors (Lipinski definition) is 3. The number of nitrogens with zero attached hydrogens (tertiary/aromatic N) is 3. The van der Waals surface area contributed by atoms with Crippen LogP contribution in [0.15, 0.2) is 41.7 Å². The fourth-order valence-corrected chi connectivity index (χ4v) is 2.54. The van der Waals surface area contributed by atoms with E-state index in [1.54, 1.807) is 20.4 Å². The number of benzene rings is 1. The Labute approximate surface area is 171 Å². The fourth-order valence-electron chi connectivity index (χ4n) is 2.27. The number of guanidine groups is 1. The largest absolute Gasteiger partial charge is 0.497 e. The van der Waals surface area contributed by atoms with Crippen LogP contribution in [-0.4, -0.2) is 43.0 Å². The number of aliphatic imine (C=N–C) groups is 1. The Hall–Kier alpha value is -1.48. The van der Waals surface area contributed by atoms with Gasteiger partial charge >= 0.3 is 0 Å². The zero-order valence-electron chi connectivity index (χ0n) is 14.5. The van der Waals surface area contributed by atoms with E-state index in [2.05, 4.69) is 20.7 Å². The summed E-state index contributed by atoms with van der Waals surface area (Å²) in [6, 6.07) is 7.67. The number of ether oxygens (including phenoxy) is 1. The second-order valence-corrected chi connectivity index (χ2v) is 5.66. The first-order valence-corrected chi connectivity index (χ1v) is 8.35. The van der Waals surface area contributed by atoms with Gasteiger partial charge in [0.2, 0.25) is 0 Å². The molecule has 138 valence electrons. The van der Waals surface area contributed by atoms with Crippen LogP contribution in [0.3, 0.4) is 0 Å². The molecule has 0 atom stereocenters. The maximum atomic E-state index is 6.25. The zero-order chi connectivity index (χ0) is 17.2. The van der Waals surface area contributed by atoms with Gasteiger partial charge in [-0.05, 0) is 36.6 Å². The summed E-state index contributed by atoms with van der Waals surface area (Å²) >= 11 is 6.25. The van der Waals surface area contributed by atoms with Crippen LogP contribution in [0.2, 0.25) is 5.02 Å². The van der Waals surface area contributed by atoms with Crippen molar-refractivity contribution in [1.82, 2.24) is 20.4 Å². The molecule has 0 amide bonds. The maximum absolute atomic E-state index is 6.25. The molecule has 2 rings (SSSR count). The van der Waals surface area contributed by atoms with E-state index in [9.17, 15) is 0 Å². The monoisotopic (exact) mass is 477 g/mol. The van der Waals surface area contributed by atoms with E-state index in [-0.39, 0.29) is 24.0 Å². The van der Waals surface area contributed by atoms with Crippen molar-refractivity contribution in [2.45, 2.75) is 19.4 Å². The topological polar surface area (TPSA) is 63.5 Å². The number of rotatable bonds is 8.